The van der Waals surface area contributed by atoms with Gasteiger partial charge in [0.1, 0.15) is 24.4 Å². The number of nitrogens with one attached hydrogen (secondary N) is 4. The topological polar surface area (TPSA) is 146 Å². The molecule has 1 aliphatic heterocycles. The number of carbonyl (C=O) groups is 5. The standard InChI is InChI=1S/C31H40ClN5O6S/c1-21(38)35-25(13-17-44-2)30(41)36-26-10-6-7-14-33-28(39)19-34-29(40)24-12-11-23(32)18-27(24)43-16-15-37(31(26)42)20-22-8-4-3-5-9-22/h3-5,8-9,11-12,18,25-26H,6-7,10,13-17,19-20H2,1-2H3,(H,33,39)(H,34,40)(H,35,38)(H,36,41)/t25-,26-/m0/s1. The van der Waals surface area contributed by atoms with Crippen LogP contribution in [0.5, 0.6) is 5.75 Å². The van der Waals surface area contributed by atoms with Crippen molar-refractivity contribution in [1.82, 2.24) is 26.2 Å². The molecule has 2 atom stereocenters. The minimum Gasteiger partial charge on any atom is -0.491 e. The van der Waals surface area contributed by atoms with Crippen LogP contribution in [0.25, 0.3) is 0 Å². The number of rotatable bonds is 8. The molecule has 44 heavy (non-hydrogen) atoms. The molecule has 13 heteroatoms. The molecule has 0 bridgehead atoms. The lowest BCUT2D eigenvalue weighted by Crippen LogP contribution is -2.54. The Morgan fingerprint density at radius 1 is 1.11 bits per heavy atom. The van der Waals surface area contributed by atoms with E-state index in [1.807, 2.05) is 36.6 Å². The molecule has 0 unspecified atom stereocenters. The summed E-state index contributed by atoms with van der Waals surface area (Å²) in [5.41, 5.74) is 1.09. The third-order valence-corrected chi connectivity index (χ3v) is 7.78. The molecule has 0 radical (unpaired) electrons. The normalized spacial score (nSPS) is 17.7. The Morgan fingerprint density at radius 3 is 2.61 bits per heavy atom. The zero-order valence-corrected chi connectivity index (χ0v) is 26.6. The van der Waals surface area contributed by atoms with Gasteiger partial charge in [-0.2, -0.15) is 11.8 Å². The van der Waals surface area contributed by atoms with Gasteiger partial charge in [-0.25, -0.2) is 0 Å². The lowest BCUT2D eigenvalue weighted by atomic mass is 10.1. The lowest BCUT2D eigenvalue weighted by Gasteiger charge is -2.29. The summed E-state index contributed by atoms with van der Waals surface area (Å²) in [4.78, 5) is 66.1. The van der Waals surface area contributed by atoms with E-state index in [-0.39, 0.29) is 55.3 Å². The molecule has 1 aliphatic rings. The van der Waals surface area contributed by atoms with Gasteiger partial charge in [-0.3, -0.25) is 24.0 Å². The number of halogens is 1. The minimum atomic E-state index is -0.881. The first-order valence-electron chi connectivity index (χ1n) is 14.5. The fourth-order valence-corrected chi connectivity index (χ4v) is 5.29. The molecule has 1 heterocycles. The lowest BCUT2D eigenvalue weighted by molar-refractivity contribution is -0.138. The van der Waals surface area contributed by atoms with Gasteiger partial charge in [0, 0.05) is 25.0 Å². The van der Waals surface area contributed by atoms with E-state index in [2.05, 4.69) is 21.3 Å². The van der Waals surface area contributed by atoms with Crippen LogP contribution in [-0.2, 0) is 25.7 Å². The van der Waals surface area contributed by atoms with E-state index in [4.69, 9.17) is 16.3 Å². The highest BCUT2D eigenvalue weighted by molar-refractivity contribution is 7.98. The quantitative estimate of drug-likeness (QED) is 0.345. The van der Waals surface area contributed by atoms with E-state index in [9.17, 15) is 24.0 Å². The van der Waals surface area contributed by atoms with E-state index in [0.717, 1.165) is 5.56 Å². The van der Waals surface area contributed by atoms with Crippen LogP contribution in [-0.4, -0.2) is 84.8 Å². The van der Waals surface area contributed by atoms with Crippen LogP contribution in [0.1, 0.15) is 48.5 Å². The van der Waals surface area contributed by atoms with Gasteiger partial charge in [0.25, 0.3) is 5.91 Å². The SMILES string of the molecule is CSCC[C@H](NC(C)=O)C(=O)N[C@H]1CCCCNC(=O)CNC(=O)c2ccc(Cl)cc2OCCN(Cc2ccccc2)C1=O. The van der Waals surface area contributed by atoms with Gasteiger partial charge in [-0.1, -0.05) is 41.9 Å². The van der Waals surface area contributed by atoms with Gasteiger partial charge in [-0.15, -0.1) is 0 Å². The molecule has 0 fully saturated rings. The summed E-state index contributed by atoms with van der Waals surface area (Å²) in [5.74, 6) is -1.07. The molecule has 2 aromatic carbocycles. The largest absolute Gasteiger partial charge is 0.491 e. The number of thioether (sulfide) groups is 1. The molecular weight excluding hydrogens is 606 g/mol. The Labute approximate surface area is 267 Å². The molecule has 5 amide bonds. The summed E-state index contributed by atoms with van der Waals surface area (Å²) in [5, 5.41) is 11.3. The van der Waals surface area contributed by atoms with Gasteiger partial charge < -0.3 is 30.9 Å². The van der Waals surface area contributed by atoms with Crippen LogP contribution in [0.4, 0.5) is 0 Å². The molecule has 0 saturated carbocycles. The molecule has 0 aliphatic carbocycles. The average Bonchev–Trinajstić information content (AvgIpc) is 3.00. The summed E-state index contributed by atoms with van der Waals surface area (Å²) in [6.45, 7) is 1.90. The number of hydrogen-bond donors (Lipinski definition) is 4. The van der Waals surface area contributed by atoms with Crippen LogP contribution in [0.2, 0.25) is 5.02 Å². The van der Waals surface area contributed by atoms with Crippen LogP contribution in [0, 0.1) is 0 Å². The maximum Gasteiger partial charge on any atom is 0.255 e. The van der Waals surface area contributed by atoms with Crippen molar-refractivity contribution in [2.75, 3.05) is 38.2 Å². The Morgan fingerprint density at radius 2 is 1.89 bits per heavy atom. The first kappa shape index (κ1) is 34.7. The van der Waals surface area contributed by atoms with Crippen molar-refractivity contribution in [3.05, 3.63) is 64.7 Å². The fraction of sp³-hybridized carbons (Fsp3) is 0.452. The number of amides is 5. The molecule has 238 valence electrons. The van der Waals surface area contributed by atoms with E-state index in [1.165, 1.54) is 19.1 Å². The Hall–Kier alpha value is -3.77. The second-order valence-electron chi connectivity index (χ2n) is 10.4. The summed E-state index contributed by atoms with van der Waals surface area (Å²) in [6, 6.07) is 12.4. The first-order valence-corrected chi connectivity index (χ1v) is 16.3. The molecule has 11 nitrogen and oxygen atoms in total. The van der Waals surface area contributed by atoms with E-state index in [1.54, 1.807) is 22.7 Å². The second kappa shape index (κ2) is 18.1. The summed E-state index contributed by atoms with van der Waals surface area (Å²) in [7, 11) is 0. The van der Waals surface area contributed by atoms with Crippen molar-refractivity contribution in [3.63, 3.8) is 0 Å². The monoisotopic (exact) mass is 645 g/mol. The third kappa shape index (κ3) is 11.4. The molecule has 0 spiro atoms. The number of fused-ring (bicyclic) bond motifs is 1. The maximum atomic E-state index is 14.1. The van der Waals surface area contributed by atoms with Crippen molar-refractivity contribution in [3.8, 4) is 5.75 Å². The van der Waals surface area contributed by atoms with Gasteiger partial charge >= 0.3 is 0 Å². The summed E-state index contributed by atoms with van der Waals surface area (Å²) >= 11 is 7.74. The van der Waals surface area contributed by atoms with Crippen molar-refractivity contribution < 1.29 is 28.7 Å². The molecule has 0 aromatic heterocycles. The molecule has 4 N–H and O–H groups in total. The predicted molar refractivity (Wildman–Crippen MR) is 171 cm³/mol. The second-order valence-corrected chi connectivity index (χ2v) is 11.8. The van der Waals surface area contributed by atoms with Crippen LogP contribution in [0.3, 0.4) is 0 Å². The van der Waals surface area contributed by atoms with Gasteiger partial charge in [0.2, 0.25) is 23.6 Å². The van der Waals surface area contributed by atoms with E-state index < -0.39 is 23.9 Å². The number of ether oxygens (including phenoxy) is 1. The average molecular weight is 646 g/mol. The minimum absolute atomic E-state index is 0.0303. The summed E-state index contributed by atoms with van der Waals surface area (Å²) < 4.78 is 5.97. The molecular formula is C31H40ClN5O6S. The third-order valence-electron chi connectivity index (χ3n) is 6.91. The highest BCUT2D eigenvalue weighted by Gasteiger charge is 2.29. The van der Waals surface area contributed by atoms with Gasteiger partial charge in [0.15, 0.2) is 0 Å². The van der Waals surface area contributed by atoms with E-state index in [0.29, 0.717) is 43.0 Å². The van der Waals surface area contributed by atoms with Crippen LogP contribution in [0.15, 0.2) is 48.5 Å². The van der Waals surface area contributed by atoms with Crippen molar-refractivity contribution in [2.24, 2.45) is 0 Å². The van der Waals surface area contributed by atoms with Crippen molar-refractivity contribution in [2.45, 2.75) is 51.2 Å². The fourth-order valence-electron chi connectivity index (χ4n) is 4.66. The first-order chi connectivity index (χ1) is 21.2. The zero-order chi connectivity index (χ0) is 31.9. The number of hydrogen-bond acceptors (Lipinski definition) is 7. The van der Waals surface area contributed by atoms with Crippen molar-refractivity contribution >= 4 is 52.9 Å². The smallest absolute Gasteiger partial charge is 0.255 e. The Balaban J connectivity index is 1.90. The van der Waals surface area contributed by atoms with Crippen LogP contribution < -0.4 is 26.0 Å². The number of carbonyl (C=O) groups excluding carboxylic acids is 5. The molecule has 3 rings (SSSR count). The predicted octanol–water partition coefficient (Wildman–Crippen LogP) is 2.52. The molecule has 2 aromatic rings. The molecule has 0 saturated heterocycles. The highest BCUT2D eigenvalue weighted by atomic mass is 35.5. The summed E-state index contributed by atoms with van der Waals surface area (Å²) in [6.07, 6.45) is 3.71. The van der Waals surface area contributed by atoms with Gasteiger partial charge in [-0.05, 0) is 61.5 Å². The van der Waals surface area contributed by atoms with E-state index >= 15 is 0 Å². The highest BCUT2D eigenvalue weighted by Crippen LogP contribution is 2.24. The number of nitrogens with zero attached hydrogens (tertiary/aromatic N) is 1. The Bertz CT molecular complexity index is 1300. The van der Waals surface area contributed by atoms with Crippen molar-refractivity contribution in [1.29, 1.82) is 0 Å². The Kier molecular flexibility index (Phi) is 14.3. The van der Waals surface area contributed by atoms with Gasteiger partial charge in [0.05, 0.1) is 18.7 Å². The number of benzene rings is 2. The van der Waals surface area contributed by atoms with Crippen LogP contribution >= 0.6 is 23.4 Å². The zero-order valence-electron chi connectivity index (χ0n) is 25.0. The maximum absolute atomic E-state index is 14.1.